The van der Waals surface area contributed by atoms with E-state index in [0.717, 1.165) is 65.1 Å². The van der Waals surface area contributed by atoms with Gasteiger partial charge in [-0.3, -0.25) is 9.97 Å². The number of pyridine rings is 2. The van der Waals surface area contributed by atoms with Crippen LogP contribution in [0.4, 0.5) is 10.8 Å². The quantitative estimate of drug-likeness (QED) is 0.508. The lowest BCUT2D eigenvalue weighted by Gasteiger charge is -2.28. The van der Waals surface area contributed by atoms with Crippen LogP contribution >= 0.6 is 11.3 Å². The van der Waals surface area contributed by atoms with Crippen molar-refractivity contribution in [3.05, 3.63) is 66.5 Å². The number of aryl methyl sites for hydroxylation is 1. The van der Waals surface area contributed by atoms with E-state index < -0.39 is 0 Å². The van der Waals surface area contributed by atoms with Crippen molar-refractivity contribution in [3.63, 3.8) is 0 Å². The number of morpholine rings is 1. The van der Waals surface area contributed by atoms with E-state index in [1.807, 2.05) is 37.4 Å². The number of anilines is 2. The highest BCUT2D eigenvalue weighted by atomic mass is 32.1. The Morgan fingerprint density at radius 2 is 1.74 bits per heavy atom. The second-order valence-electron chi connectivity index (χ2n) is 7.47. The van der Waals surface area contributed by atoms with Crippen LogP contribution in [0.25, 0.3) is 33.1 Å². The highest BCUT2D eigenvalue weighted by molar-refractivity contribution is 7.19. The average molecular weight is 430 g/mol. The molecule has 0 bridgehead atoms. The molecule has 6 nitrogen and oxygen atoms in total. The fourth-order valence-electron chi connectivity index (χ4n) is 3.78. The van der Waals surface area contributed by atoms with Gasteiger partial charge in [0.05, 0.1) is 29.5 Å². The van der Waals surface area contributed by atoms with E-state index >= 15 is 0 Å². The maximum absolute atomic E-state index is 6.08. The Labute approximate surface area is 185 Å². The third-order valence-corrected chi connectivity index (χ3v) is 6.27. The summed E-state index contributed by atoms with van der Waals surface area (Å²) in [5.74, 6) is 0. The molecule has 0 unspecified atom stereocenters. The molecular weight excluding hydrogens is 406 g/mol. The molecule has 1 aliphatic heterocycles. The molecule has 3 aromatic heterocycles. The molecule has 1 saturated heterocycles. The highest BCUT2D eigenvalue weighted by Crippen LogP contribution is 2.38. The maximum Gasteiger partial charge on any atom is 0.181 e. The minimum atomic E-state index is 0.529. The van der Waals surface area contributed by atoms with Crippen LogP contribution in [0.15, 0.2) is 60.8 Å². The Morgan fingerprint density at radius 1 is 0.935 bits per heavy atom. The van der Waals surface area contributed by atoms with Gasteiger partial charge in [0.25, 0.3) is 0 Å². The number of hydrogen-bond donors (Lipinski definition) is 1. The summed E-state index contributed by atoms with van der Waals surface area (Å²) in [6.45, 7) is 5.39. The molecule has 0 aliphatic carbocycles. The van der Waals surface area contributed by atoms with E-state index in [2.05, 4.69) is 50.2 Å². The number of nitrogen functional groups attached to an aromatic ring is 1. The molecule has 4 heterocycles. The van der Waals surface area contributed by atoms with Gasteiger partial charge in [0.1, 0.15) is 5.69 Å². The normalized spacial score (nSPS) is 14.0. The number of aromatic nitrogens is 3. The first-order valence-corrected chi connectivity index (χ1v) is 11.1. The fourth-order valence-corrected chi connectivity index (χ4v) is 4.61. The van der Waals surface area contributed by atoms with Crippen molar-refractivity contribution in [2.45, 2.75) is 6.92 Å². The van der Waals surface area contributed by atoms with Gasteiger partial charge in [-0.15, -0.1) is 0 Å². The first-order chi connectivity index (χ1) is 15.2. The standard InChI is InChI=1S/C24H23N5OS/c1-16-3-2-4-20(27-16)22-23(31-24(25)28-22)18-9-10-26-21(15-18)17-5-7-19(8-6-17)29-11-13-30-14-12-29/h2-10,15H,11-14H2,1H3,(H2,25,28). The van der Waals surface area contributed by atoms with Crippen molar-refractivity contribution in [3.8, 4) is 33.1 Å². The molecule has 156 valence electrons. The predicted molar refractivity (Wildman–Crippen MR) is 126 cm³/mol. The number of benzene rings is 1. The molecule has 0 atom stereocenters. The zero-order valence-electron chi connectivity index (χ0n) is 17.3. The summed E-state index contributed by atoms with van der Waals surface area (Å²) in [5.41, 5.74) is 12.9. The second kappa shape index (κ2) is 8.45. The molecule has 0 spiro atoms. The summed E-state index contributed by atoms with van der Waals surface area (Å²) in [6, 6.07) is 18.6. The molecule has 1 fully saturated rings. The summed E-state index contributed by atoms with van der Waals surface area (Å²) in [6.07, 6.45) is 1.84. The van der Waals surface area contributed by atoms with Crippen LogP contribution in [0.1, 0.15) is 5.69 Å². The molecule has 0 radical (unpaired) electrons. The number of thiazole rings is 1. The van der Waals surface area contributed by atoms with Gasteiger partial charge < -0.3 is 15.4 Å². The Hall–Kier alpha value is -3.29. The molecule has 1 aromatic carbocycles. The predicted octanol–water partition coefficient (Wildman–Crippen LogP) is 4.66. The van der Waals surface area contributed by atoms with Crippen LogP contribution in [0.3, 0.4) is 0 Å². The van der Waals surface area contributed by atoms with Crippen LogP contribution in [0.5, 0.6) is 0 Å². The van der Waals surface area contributed by atoms with E-state index in [-0.39, 0.29) is 0 Å². The minimum absolute atomic E-state index is 0.529. The Balaban J connectivity index is 1.48. The van der Waals surface area contributed by atoms with Gasteiger partial charge in [0.15, 0.2) is 5.13 Å². The molecule has 0 saturated carbocycles. The van der Waals surface area contributed by atoms with E-state index in [9.17, 15) is 0 Å². The number of nitrogens with two attached hydrogens (primary N) is 1. The molecule has 4 aromatic rings. The van der Waals surface area contributed by atoms with E-state index in [1.165, 1.54) is 17.0 Å². The van der Waals surface area contributed by atoms with Crippen LogP contribution in [0.2, 0.25) is 0 Å². The molecular formula is C24H23N5OS. The van der Waals surface area contributed by atoms with Gasteiger partial charge in [0.2, 0.25) is 0 Å². The topological polar surface area (TPSA) is 77.2 Å². The van der Waals surface area contributed by atoms with E-state index in [1.54, 1.807) is 0 Å². The molecule has 1 aliphatic rings. The van der Waals surface area contributed by atoms with Gasteiger partial charge in [-0.2, -0.15) is 0 Å². The first-order valence-electron chi connectivity index (χ1n) is 10.3. The summed E-state index contributed by atoms with van der Waals surface area (Å²) < 4.78 is 5.45. The van der Waals surface area contributed by atoms with Crippen molar-refractivity contribution >= 4 is 22.2 Å². The zero-order chi connectivity index (χ0) is 21.2. The lowest BCUT2D eigenvalue weighted by Crippen LogP contribution is -2.36. The maximum atomic E-state index is 6.08. The third kappa shape index (κ3) is 4.15. The Morgan fingerprint density at radius 3 is 2.52 bits per heavy atom. The van der Waals surface area contributed by atoms with Crippen molar-refractivity contribution < 1.29 is 4.74 Å². The summed E-state index contributed by atoms with van der Waals surface area (Å²) in [7, 11) is 0. The van der Waals surface area contributed by atoms with Crippen molar-refractivity contribution in [2.24, 2.45) is 0 Å². The largest absolute Gasteiger partial charge is 0.378 e. The molecule has 0 amide bonds. The molecule has 5 rings (SSSR count). The number of rotatable bonds is 4. The zero-order valence-corrected chi connectivity index (χ0v) is 18.1. The third-order valence-electron chi connectivity index (χ3n) is 5.34. The summed E-state index contributed by atoms with van der Waals surface area (Å²) >= 11 is 1.47. The average Bonchev–Trinajstić information content (AvgIpc) is 3.22. The number of nitrogens with zero attached hydrogens (tertiary/aromatic N) is 4. The minimum Gasteiger partial charge on any atom is -0.378 e. The van der Waals surface area contributed by atoms with Crippen LogP contribution in [0, 0.1) is 6.92 Å². The van der Waals surface area contributed by atoms with Gasteiger partial charge in [-0.05, 0) is 48.9 Å². The van der Waals surface area contributed by atoms with Crippen molar-refractivity contribution in [1.82, 2.24) is 15.0 Å². The summed E-state index contributed by atoms with van der Waals surface area (Å²) in [4.78, 5) is 17.2. The molecule has 2 N–H and O–H groups in total. The summed E-state index contributed by atoms with van der Waals surface area (Å²) in [5, 5.41) is 0.529. The monoisotopic (exact) mass is 429 g/mol. The van der Waals surface area contributed by atoms with E-state index in [4.69, 9.17) is 10.5 Å². The van der Waals surface area contributed by atoms with Crippen molar-refractivity contribution in [2.75, 3.05) is 36.9 Å². The molecule has 7 heteroatoms. The van der Waals surface area contributed by atoms with Crippen LogP contribution in [-0.4, -0.2) is 41.3 Å². The van der Waals surface area contributed by atoms with Gasteiger partial charge in [-0.1, -0.05) is 29.5 Å². The van der Waals surface area contributed by atoms with Crippen LogP contribution in [-0.2, 0) is 4.74 Å². The lowest BCUT2D eigenvalue weighted by molar-refractivity contribution is 0.122. The van der Waals surface area contributed by atoms with Crippen LogP contribution < -0.4 is 10.6 Å². The van der Waals surface area contributed by atoms with Gasteiger partial charge in [-0.25, -0.2) is 4.98 Å². The van der Waals surface area contributed by atoms with Crippen molar-refractivity contribution in [1.29, 1.82) is 0 Å². The smallest absolute Gasteiger partial charge is 0.181 e. The highest BCUT2D eigenvalue weighted by Gasteiger charge is 2.16. The Kier molecular flexibility index (Phi) is 5.36. The molecule has 31 heavy (non-hydrogen) atoms. The fraction of sp³-hybridized carbons (Fsp3) is 0.208. The number of hydrogen-bond acceptors (Lipinski definition) is 7. The SMILES string of the molecule is Cc1cccc(-c2nc(N)sc2-c2ccnc(-c3ccc(N4CCOCC4)cc3)c2)n1. The second-order valence-corrected chi connectivity index (χ2v) is 8.50. The van der Waals surface area contributed by atoms with Gasteiger partial charge in [0, 0.05) is 36.2 Å². The van der Waals surface area contributed by atoms with Gasteiger partial charge >= 0.3 is 0 Å². The van der Waals surface area contributed by atoms with E-state index in [0.29, 0.717) is 5.13 Å². The lowest BCUT2D eigenvalue weighted by atomic mass is 10.1. The number of ether oxygens (including phenoxy) is 1. The first kappa shape index (κ1) is 19.7. The Bertz CT molecular complexity index is 1200.